The Bertz CT molecular complexity index is 700. The highest BCUT2D eigenvalue weighted by atomic mass is 32.2. The van der Waals surface area contributed by atoms with Gasteiger partial charge in [-0.15, -0.1) is 0 Å². The van der Waals surface area contributed by atoms with Crippen LogP contribution >= 0.6 is 11.8 Å². The normalized spacial score (nSPS) is 13.2. The van der Waals surface area contributed by atoms with Crippen LogP contribution in [0.15, 0.2) is 46.2 Å². The van der Waals surface area contributed by atoms with Crippen LogP contribution in [0, 0.1) is 10.1 Å². The van der Waals surface area contributed by atoms with Crippen LogP contribution in [0.4, 0.5) is 5.69 Å². The first kappa shape index (κ1) is 14.1. The molecule has 3 rings (SSSR count). The Labute approximate surface area is 127 Å². The maximum absolute atomic E-state index is 10.9. The van der Waals surface area contributed by atoms with E-state index in [1.165, 1.54) is 23.6 Å². The molecule has 0 aromatic heterocycles. The summed E-state index contributed by atoms with van der Waals surface area (Å²) in [6.45, 7) is -0.325. The highest BCUT2D eigenvalue weighted by molar-refractivity contribution is 7.99. The number of nitrogens with zero attached hydrogens (tertiary/aromatic N) is 1. The molecular weight excluding hydrogens is 286 g/mol. The zero-order valence-corrected chi connectivity index (χ0v) is 12.2. The molecule has 0 unspecified atom stereocenters. The van der Waals surface area contributed by atoms with Crippen LogP contribution in [0.1, 0.15) is 23.1 Å². The van der Waals surface area contributed by atoms with Crippen molar-refractivity contribution in [3.05, 3.63) is 63.2 Å². The van der Waals surface area contributed by atoms with Gasteiger partial charge in [-0.3, -0.25) is 10.1 Å². The summed E-state index contributed by atoms with van der Waals surface area (Å²) in [6, 6.07) is 11.3. The van der Waals surface area contributed by atoms with Gasteiger partial charge in [-0.05, 0) is 54.7 Å². The number of fused-ring (bicyclic) bond motifs is 1. The van der Waals surface area contributed by atoms with Crippen molar-refractivity contribution in [2.45, 2.75) is 35.7 Å². The van der Waals surface area contributed by atoms with Gasteiger partial charge >= 0.3 is 0 Å². The Morgan fingerprint density at radius 3 is 2.57 bits per heavy atom. The van der Waals surface area contributed by atoms with Gasteiger partial charge in [0, 0.05) is 15.9 Å². The van der Waals surface area contributed by atoms with Gasteiger partial charge in [0.1, 0.15) is 0 Å². The summed E-state index contributed by atoms with van der Waals surface area (Å²) in [4.78, 5) is 12.4. The summed E-state index contributed by atoms with van der Waals surface area (Å²) in [5.41, 5.74) is 3.16. The number of nitro benzene ring substituents is 1. The van der Waals surface area contributed by atoms with Gasteiger partial charge in [-0.1, -0.05) is 17.8 Å². The van der Waals surface area contributed by atoms with E-state index < -0.39 is 4.92 Å². The molecule has 0 atom stereocenters. The van der Waals surface area contributed by atoms with Crippen LogP contribution in [-0.2, 0) is 19.4 Å². The molecule has 0 aliphatic heterocycles. The Kier molecular flexibility index (Phi) is 3.94. The average molecular weight is 301 g/mol. The number of benzene rings is 2. The molecule has 1 N–H and O–H groups in total. The lowest BCUT2D eigenvalue weighted by Gasteiger charge is -2.06. The van der Waals surface area contributed by atoms with Crippen LogP contribution in [0.2, 0.25) is 0 Å². The number of rotatable bonds is 4. The van der Waals surface area contributed by atoms with E-state index in [1.54, 1.807) is 23.9 Å². The third kappa shape index (κ3) is 2.94. The van der Waals surface area contributed by atoms with Crippen molar-refractivity contribution in [2.24, 2.45) is 0 Å². The Morgan fingerprint density at radius 2 is 1.81 bits per heavy atom. The van der Waals surface area contributed by atoms with Crippen molar-refractivity contribution in [3.63, 3.8) is 0 Å². The lowest BCUT2D eigenvalue weighted by molar-refractivity contribution is -0.385. The van der Waals surface area contributed by atoms with Crippen molar-refractivity contribution < 1.29 is 10.0 Å². The second-order valence-corrected chi connectivity index (χ2v) is 6.24. The fraction of sp³-hybridized carbons (Fsp3) is 0.250. The molecule has 0 amide bonds. The molecular formula is C16H15NO3S. The summed E-state index contributed by atoms with van der Waals surface area (Å²) in [6.07, 6.45) is 3.51. The second-order valence-electron chi connectivity index (χ2n) is 5.09. The van der Waals surface area contributed by atoms with Crippen molar-refractivity contribution in [2.75, 3.05) is 0 Å². The zero-order chi connectivity index (χ0) is 14.8. The number of aryl methyl sites for hydroxylation is 2. The van der Waals surface area contributed by atoms with E-state index in [0.29, 0.717) is 5.56 Å². The first-order valence-corrected chi connectivity index (χ1v) is 7.67. The van der Waals surface area contributed by atoms with Crippen molar-refractivity contribution in [1.29, 1.82) is 0 Å². The topological polar surface area (TPSA) is 63.4 Å². The van der Waals surface area contributed by atoms with E-state index >= 15 is 0 Å². The van der Waals surface area contributed by atoms with E-state index in [4.69, 9.17) is 0 Å². The molecule has 2 aromatic carbocycles. The monoisotopic (exact) mass is 301 g/mol. The van der Waals surface area contributed by atoms with Crippen LogP contribution in [0.25, 0.3) is 0 Å². The third-order valence-corrected chi connectivity index (χ3v) is 4.70. The fourth-order valence-electron chi connectivity index (χ4n) is 2.68. The van der Waals surface area contributed by atoms with E-state index in [2.05, 4.69) is 18.2 Å². The molecule has 0 bridgehead atoms. The van der Waals surface area contributed by atoms with E-state index in [-0.39, 0.29) is 12.3 Å². The Hall–Kier alpha value is -1.85. The van der Waals surface area contributed by atoms with Crippen LogP contribution < -0.4 is 0 Å². The minimum atomic E-state index is -0.463. The molecule has 0 fully saturated rings. The van der Waals surface area contributed by atoms with E-state index in [9.17, 15) is 15.2 Å². The second kappa shape index (κ2) is 5.87. The van der Waals surface area contributed by atoms with Gasteiger partial charge in [0.2, 0.25) is 0 Å². The molecule has 0 heterocycles. The molecule has 0 spiro atoms. The smallest absolute Gasteiger partial charge is 0.274 e. The molecule has 4 nitrogen and oxygen atoms in total. The Balaban J connectivity index is 1.86. The maximum atomic E-state index is 10.9. The fourth-order valence-corrected chi connectivity index (χ4v) is 3.62. The van der Waals surface area contributed by atoms with Gasteiger partial charge in [-0.2, -0.15) is 0 Å². The summed E-state index contributed by atoms with van der Waals surface area (Å²) in [5, 5.41) is 20.1. The third-order valence-electron chi connectivity index (χ3n) is 3.72. The molecule has 21 heavy (non-hydrogen) atoms. The molecule has 0 saturated carbocycles. The van der Waals surface area contributed by atoms with Crippen molar-refractivity contribution in [3.8, 4) is 0 Å². The number of nitro groups is 1. The van der Waals surface area contributed by atoms with Gasteiger partial charge in [0.15, 0.2) is 0 Å². The quantitative estimate of drug-likeness (QED) is 0.690. The molecule has 1 aliphatic carbocycles. The minimum absolute atomic E-state index is 0.0317. The lowest BCUT2D eigenvalue weighted by Crippen LogP contribution is -1.95. The Morgan fingerprint density at radius 1 is 1.10 bits per heavy atom. The van der Waals surface area contributed by atoms with E-state index in [0.717, 1.165) is 22.6 Å². The number of hydrogen-bond donors (Lipinski definition) is 1. The summed E-state index contributed by atoms with van der Waals surface area (Å²) >= 11 is 1.57. The molecule has 1 aliphatic rings. The number of aliphatic hydroxyl groups excluding tert-OH is 1. The lowest BCUT2D eigenvalue weighted by atomic mass is 10.1. The zero-order valence-electron chi connectivity index (χ0n) is 11.4. The summed E-state index contributed by atoms with van der Waals surface area (Å²) in [7, 11) is 0. The van der Waals surface area contributed by atoms with Crippen LogP contribution in [0.5, 0.6) is 0 Å². The SMILES string of the molecule is O=[N+]([O-])c1ccc(Sc2ccc3c(c2)CCC3)cc1CO. The first-order valence-electron chi connectivity index (χ1n) is 6.85. The summed E-state index contributed by atoms with van der Waals surface area (Å²) in [5.74, 6) is 0. The standard InChI is InChI=1S/C16H15NO3S/c18-10-13-9-15(6-7-16(13)17(19)20)21-14-5-4-11-2-1-3-12(11)8-14/h4-9,18H,1-3,10H2. The van der Waals surface area contributed by atoms with Gasteiger partial charge < -0.3 is 5.11 Å². The van der Waals surface area contributed by atoms with Crippen molar-refractivity contribution in [1.82, 2.24) is 0 Å². The average Bonchev–Trinajstić information content (AvgIpc) is 2.94. The predicted octanol–water partition coefficient (Wildman–Crippen LogP) is 3.73. The highest BCUT2D eigenvalue weighted by Gasteiger charge is 2.15. The molecule has 108 valence electrons. The molecule has 5 heteroatoms. The number of hydrogen-bond acceptors (Lipinski definition) is 4. The van der Waals surface area contributed by atoms with E-state index in [1.807, 2.05) is 0 Å². The van der Waals surface area contributed by atoms with Gasteiger partial charge in [0.25, 0.3) is 5.69 Å². The molecule has 2 aromatic rings. The first-order chi connectivity index (χ1) is 10.2. The maximum Gasteiger partial charge on any atom is 0.274 e. The van der Waals surface area contributed by atoms with Crippen molar-refractivity contribution >= 4 is 17.4 Å². The van der Waals surface area contributed by atoms with Gasteiger partial charge in [0.05, 0.1) is 17.1 Å². The highest BCUT2D eigenvalue weighted by Crippen LogP contribution is 2.34. The van der Waals surface area contributed by atoms with Gasteiger partial charge in [-0.25, -0.2) is 0 Å². The molecule has 0 saturated heterocycles. The largest absolute Gasteiger partial charge is 0.391 e. The number of aliphatic hydroxyl groups is 1. The predicted molar refractivity (Wildman–Crippen MR) is 81.6 cm³/mol. The minimum Gasteiger partial charge on any atom is -0.391 e. The van der Waals surface area contributed by atoms with Crippen LogP contribution in [0.3, 0.4) is 0 Å². The summed E-state index contributed by atoms with van der Waals surface area (Å²) < 4.78 is 0. The van der Waals surface area contributed by atoms with Crippen LogP contribution in [-0.4, -0.2) is 10.0 Å². The molecule has 0 radical (unpaired) electrons.